The van der Waals surface area contributed by atoms with Crippen LogP contribution in [0.1, 0.15) is 19.8 Å². The predicted molar refractivity (Wildman–Crippen MR) is 59.3 cm³/mol. The highest BCUT2D eigenvalue weighted by Gasteiger charge is 2.21. The molecule has 5 heteroatoms. The predicted octanol–water partition coefficient (Wildman–Crippen LogP) is 2.47. The van der Waals surface area contributed by atoms with E-state index in [2.05, 4.69) is 0 Å². The van der Waals surface area contributed by atoms with Crippen molar-refractivity contribution in [3.8, 4) is 0 Å². The Bertz CT molecular complexity index is 316. The fourth-order valence-electron chi connectivity index (χ4n) is 1.02. The van der Waals surface area contributed by atoms with Crippen LogP contribution in [0.4, 0.5) is 4.70 Å². The Balaban J connectivity index is 0.00000196. The molecule has 0 saturated carbocycles. The lowest BCUT2D eigenvalue weighted by Gasteiger charge is -2.11. The molecule has 1 aromatic carbocycles. The van der Waals surface area contributed by atoms with Gasteiger partial charge in [0, 0.05) is 0 Å². The van der Waals surface area contributed by atoms with Gasteiger partial charge in [-0.3, -0.25) is 9.27 Å². The second-order valence-corrected chi connectivity index (χ2v) is 4.86. The Hall–Kier alpha value is -0.700. The number of benzene rings is 1. The van der Waals surface area contributed by atoms with Gasteiger partial charge in [0.05, 0.1) is 11.9 Å². The first-order valence-corrected chi connectivity index (χ1v) is 6.27. The van der Waals surface area contributed by atoms with Crippen LogP contribution in [0.25, 0.3) is 0 Å². The van der Waals surface area contributed by atoms with E-state index in [4.69, 9.17) is 4.52 Å². The average Bonchev–Trinajstić information content (AvgIpc) is 2.19. The van der Waals surface area contributed by atoms with Crippen molar-refractivity contribution in [1.29, 1.82) is 0 Å². The van der Waals surface area contributed by atoms with Crippen LogP contribution in [0.5, 0.6) is 0 Å². The van der Waals surface area contributed by atoms with E-state index in [1.54, 1.807) is 30.3 Å². The van der Waals surface area contributed by atoms with Gasteiger partial charge < -0.3 is 9.42 Å². The number of rotatable bonds is 5. The second kappa shape index (κ2) is 6.72. The van der Waals surface area contributed by atoms with Crippen molar-refractivity contribution < 1.29 is 18.7 Å². The molecule has 0 spiro atoms. The van der Waals surface area contributed by atoms with E-state index >= 15 is 0 Å². The first-order valence-electron chi connectivity index (χ1n) is 4.70. The van der Waals surface area contributed by atoms with Gasteiger partial charge in [0.15, 0.2) is 0 Å². The van der Waals surface area contributed by atoms with Gasteiger partial charge in [-0.05, 0) is 18.6 Å². The van der Waals surface area contributed by atoms with Crippen LogP contribution in [0.15, 0.2) is 30.3 Å². The molecule has 86 valence electrons. The molecule has 0 radical (unpaired) electrons. The summed E-state index contributed by atoms with van der Waals surface area (Å²) in [4.78, 5) is 9.55. The van der Waals surface area contributed by atoms with Crippen molar-refractivity contribution in [2.45, 2.75) is 19.8 Å². The van der Waals surface area contributed by atoms with Crippen LogP contribution in [0.2, 0.25) is 0 Å². The normalized spacial score (nSPS) is 14.0. The average molecular weight is 234 g/mol. The zero-order chi connectivity index (χ0) is 10.4. The molecule has 0 aliphatic rings. The molecule has 1 rings (SSSR count). The minimum atomic E-state index is -3.57. The standard InChI is InChI=1S/C10H15O3P.FH/c1-2-3-9-13-14(11,12)10-7-5-4-6-8-10;/h4-8H,2-3,9H2,1H3,(H,11,12);1H. The molecule has 0 heterocycles. The lowest BCUT2D eigenvalue weighted by molar-refractivity contribution is 0.264. The summed E-state index contributed by atoms with van der Waals surface area (Å²) in [6, 6.07) is 8.46. The topological polar surface area (TPSA) is 46.5 Å². The Labute approximate surface area is 89.0 Å². The fraction of sp³-hybridized carbons (Fsp3) is 0.400. The molecule has 1 aromatic rings. The van der Waals surface area contributed by atoms with Gasteiger partial charge in [0.2, 0.25) is 0 Å². The molecule has 1 unspecified atom stereocenters. The molecule has 0 saturated heterocycles. The molecule has 1 atom stereocenters. The van der Waals surface area contributed by atoms with Crippen LogP contribution in [-0.2, 0) is 9.09 Å². The Morgan fingerprint density at radius 2 is 1.93 bits per heavy atom. The largest absolute Gasteiger partial charge is 0.358 e. The Morgan fingerprint density at radius 1 is 1.33 bits per heavy atom. The number of halogens is 1. The first-order chi connectivity index (χ1) is 6.67. The molecule has 15 heavy (non-hydrogen) atoms. The van der Waals surface area contributed by atoms with E-state index in [0.717, 1.165) is 12.8 Å². The highest BCUT2D eigenvalue weighted by atomic mass is 31.2. The monoisotopic (exact) mass is 234 g/mol. The molecule has 0 aromatic heterocycles. The summed E-state index contributed by atoms with van der Waals surface area (Å²) >= 11 is 0. The van der Waals surface area contributed by atoms with Crippen LogP contribution in [0, 0.1) is 0 Å². The van der Waals surface area contributed by atoms with E-state index < -0.39 is 7.60 Å². The van der Waals surface area contributed by atoms with Gasteiger partial charge in [-0.25, -0.2) is 0 Å². The Kier molecular flexibility index (Phi) is 6.41. The Morgan fingerprint density at radius 3 is 2.47 bits per heavy atom. The number of hydrogen-bond acceptors (Lipinski definition) is 2. The number of unbranched alkanes of at least 4 members (excludes halogenated alkanes) is 1. The lowest BCUT2D eigenvalue weighted by atomic mass is 10.4. The van der Waals surface area contributed by atoms with Crippen LogP contribution in [-0.4, -0.2) is 11.5 Å². The van der Waals surface area contributed by atoms with Crippen molar-refractivity contribution in [3.05, 3.63) is 30.3 Å². The maximum absolute atomic E-state index is 11.6. The first kappa shape index (κ1) is 14.3. The summed E-state index contributed by atoms with van der Waals surface area (Å²) in [6.07, 6.45) is 1.76. The fourth-order valence-corrected chi connectivity index (χ4v) is 2.10. The molecular formula is C10H16FO3P. The maximum Gasteiger partial charge on any atom is 0.358 e. The van der Waals surface area contributed by atoms with Crippen molar-refractivity contribution in [1.82, 2.24) is 0 Å². The van der Waals surface area contributed by atoms with Gasteiger partial charge in [-0.2, -0.15) is 0 Å². The van der Waals surface area contributed by atoms with Crippen molar-refractivity contribution in [3.63, 3.8) is 0 Å². The molecule has 0 bridgehead atoms. The smallest absolute Gasteiger partial charge is 0.321 e. The summed E-state index contributed by atoms with van der Waals surface area (Å²) in [6.45, 7) is 2.34. The van der Waals surface area contributed by atoms with E-state index in [1.165, 1.54) is 0 Å². The maximum atomic E-state index is 11.6. The summed E-state index contributed by atoms with van der Waals surface area (Å²) in [5, 5.41) is 0.358. The zero-order valence-corrected chi connectivity index (χ0v) is 9.52. The zero-order valence-electron chi connectivity index (χ0n) is 8.63. The third kappa shape index (κ3) is 4.56. The van der Waals surface area contributed by atoms with Crippen molar-refractivity contribution in [2.24, 2.45) is 0 Å². The van der Waals surface area contributed by atoms with E-state index in [0.29, 0.717) is 11.9 Å². The van der Waals surface area contributed by atoms with Crippen LogP contribution < -0.4 is 5.30 Å². The van der Waals surface area contributed by atoms with E-state index in [9.17, 15) is 9.46 Å². The third-order valence-electron chi connectivity index (χ3n) is 1.85. The molecular weight excluding hydrogens is 218 g/mol. The van der Waals surface area contributed by atoms with Crippen molar-refractivity contribution in [2.75, 3.05) is 6.61 Å². The molecule has 0 aliphatic carbocycles. The highest BCUT2D eigenvalue weighted by Crippen LogP contribution is 2.40. The van der Waals surface area contributed by atoms with Gasteiger partial charge in [0.25, 0.3) is 0 Å². The summed E-state index contributed by atoms with van der Waals surface area (Å²) in [7, 11) is -3.57. The third-order valence-corrected chi connectivity index (χ3v) is 3.33. The molecule has 0 fully saturated rings. The number of hydrogen-bond donors (Lipinski definition) is 1. The summed E-state index contributed by atoms with van der Waals surface area (Å²) in [5.41, 5.74) is 0. The summed E-state index contributed by atoms with van der Waals surface area (Å²) < 4.78 is 16.6. The lowest BCUT2D eigenvalue weighted by Crippen LogP contribution is -2.06. The van der Waals surface area contributed by atoms with Crippen molar-refractivity contribution >= 4 is 12.9 Å². The second-order valence-electron chi connectivity index (χ2n) is 3.04. The molecule has 3 nitrogen and oxygen atoms in total. The minimum absolute atomic E-state index is 0. The SMILES string of the molecule is CCCCOP(=O)(O)c1ccccc1.F. The van der Waals surface area contributed by atoms with Gasteiger partial charge in [0.1, 0.15) is 0 Å². The molecule has 0 aliphatic heterocycles. The van der Waals surface area contributed by atoms with E-state index in [-0.39, 0.29) is 4.70 Å². The van der Waals surface area contributed by atoms with Gasteiger partial charge in [-0.1, -0.05) is 31.5 Å². The highest BCUT2D eigenvalue weighted by molar-refractivity contribution is 7.61. The van der Waals surface area contributed by atoms with E-state index in [1.807, 2.05) is 6.92 Å². The minimum Gasteiger partial charge on any atom is -0.321 e. The van der Waals surface area contributed by atoms with Crippen LogP contribution >= 0.6 is 7.60 Å². The quantitative estimate of drug-likeness (QED) is 0.628. The van der Waals surface area contributed by atoms with Gasteiger partial charge >= 0.3 is 7.60 Å². The summed E-state index contributed by atoms with van der Waals surface area (Å²) in [5.74, 6) is 0. The van der Waals surface area contributed by atoms with Crippen LogP contribution in [0.3, 0.4) is 0 Å². The molecule has 1 N–H and O–H groups in total. The molecule has 0 amide bonds. The van der Waals surface area contributed by atoms with Gasteiger partial charge in [-0.15, -0.1) is 0 Å².